The number of methoxy groups -OCH3 is 1. The number of nitrogens with zero attached hydrogens (tertiary/aromatic N) is 4. The SMILES string of the molecule is COC(=O)C(Cc1cc(C)c2nn(COCCS(C)(C)C)cc2c1)OC(=O)N1CCC(N2Cc3ccccc3NC2=O)CC1. The lowest BCUT2D eigenvalue weighted by molar-refractivity contribution is -0.151. The van der Waals surface area contributed by atoms with Crippen LogP contribution >= 0.6 is 10.0 Å². The Hall–Kier alpha value is -3.77. The molecule has 12 heteroatoms. The molecule has 0 saturated carbocycles. The van der Waals surface area contributed by atoms with E-state index in [1.54, 1.807) is 9.58 Å². The predicted octanol–water partition coefficient (Wildman–Crippen LogP) is 4.75. The van der Waals surface area contributed by atoms with Crippen LogP contribution in [-0.2, 0) is 38.7 Å². The number of anilines is 1. The van der Waals surface area contributed by atoms with Crippen LogP contribution < -0.4 is 5.32 Å². The summed E-state index contributed by atoms with van der Waals surface area (Å²) in [6.45, 7) is 4.41. The van der Waals surface area contributed by atoms with Crippen LogP contribution in [0.1, 0.15) is 29.5 Å². The second-order valence-electron chi connectivity index (χ2n) is 12.4. The topological polar surface area (TPSA) is 115 Å². The summed E-state index contributed by atoms with van der Waals surface area (Å²) in [7, 11) is 0.669. The number of ether oxygens (including phenoxy) is 3. The zero-order valence-electron chi connectivity index (χ0n) is 26.2. The van der Waals surface area contributed by atoms with Gasteiger partial charge in [0.15, 0.2) is 0 Å². The van der Waals surface area contributed by atoms with Crippen molar-refractivity contribution in [3.05, 3.63) is 59.3 Å². The molecule has 3 amide bonds. The molecule has 1 unspecified atom stereocenters. The van der Waals surface area contributed by atoms with Crippen LogP contribution in [0.3, 0.4) is 0 Å². The van der Waals surface area contributed by atoms with E-state index in [-0.39, 0.29) is 18.5 Å². The fourth-order valence-corrected chi connectivity index (χ4v) is 6.30. The Morgan fingerprint density at radius 2 is 1.89 bits per heavy atom. The number of hydrogen-bond donors (Lipinski definition) is 1. The molecular weight excluding hydrogens is 582 g/mol. The van der Waals surface area contributed by atoms with E-state index in [4.69, 9.17) is 14.2 Å². The van der Waals surface area contributed by atoms with E-state index < -0.39 is 28.2 Å². The number of fused-ring (bicyclic) bond motifs is 2. The summed E-state index contributed by atoms with van der Waals surface area (Å²) in [6, 6.07) is 11.6. The first-order chi connectivity index (χ1) is 21.0. The molecule has 2 aromatic carbocycles. The molecule has 3 aromatic rings. The second-order valence-corrected chi connectivity index (χ2v) is 17.0. The summed E-state index contributed by atoms with van der Waals surface area (Å²) >= 11 is 0. The number of aryl methyl sites for hydroxylation is 1. The lowest BCUT2D eigenvalue weighted by Gasteiger charge is -2.40. The van der Waals surface area contributed by atoms with Crippen LogP contribution in [0.15, 0.2) is 42.6 Å². The van der Waals surface area contributed by atoms with Gasteiger partial charge in [0.2, 0.25) is 6.10 Å². The van der Waals surface area contributed by atoms with E-state index in [1.165, 1.54) is 7.11 Å². The standard InChI is InChI=1S/C32H43N5O6S/c1-22-16-23(17-25-19-36(34-29(22)25)21-42-14-15-44(3,4)5)18-28(30(38)41-2)43-32(40)35-12-10-26(11-13-35)37-20-24-8-6-7-9-27(24)33-31(37)39/h6-9,16-17,19,26,28H,10-15,18,20-21H2,1-5H3,(H,33,39). The summed E-state index contributed by atoms with van der Waals surface area (Å²) in [5.41, 5.74) is 4.56. The number of carbonyl (C=O) groups is 3. The van der Waals surface area contributed by atoms with Crippen molar-refractivity contribution in [1.29, 1.82) is 0 Å². The van der Waals surface area contributed by atoms with Gasteiger partial charge in [-0.25, -0.2) is 29.1 Å². The Kier molecular flexibility index (Phi) is 9.69. The molecule has 2 aliphatic heterocycles. The van der Waals surface area contributed by atoms with Crippen LogP contribution in [0.4, 0.5) is 15.3 Å². The van der Waals surface area contributed by atoms with Crippen LogP contribution in [-0.4, -0.2) is 101 Å². The van der Waals surface area contributed by atoms with Crippen LogP contribution in [0, 0.1) is 6.92 Å². The van der Waals surface area contributed by atoms with E-state index in [0.717, 1.165) is 39.0 Å². The maximum absolute atomic E-state index is 13.2. The third-order valence-electron chi connectivity index (χ3n) is 8.12. The third kappa shape index (κ3) is 7.65. The number of likely N-dealkylation sites (tertiary alicyclic amines) is 1. The van der Waals surface area contributed by atoms with Gasteiger partial charge in [-0.3, -0.25) is 0 Å². The maximum atomic E-state index is 13.2. The quantitative estimate of drug-likeness (QED) is 0.256. The lowest BCUT2D eigenvalue weighted by Crippen LogP contribution is -2.51. The van der Waals surface area contributed by atoms with Gasteiger partial charge in [0.25, 0.3) is 0 Å². The minimum Gasteiger partial charge on any atom is -0.466 e. The largest absolute Gasteiger partial charge is 0.466 e. The number of carbonyl (C=O) groups excluding carboxylic acids is 3. The Labute approximate surface area is 260 Å². The minimum atomic E-state index is -1.09. The summed E-state index contributed by atoms with van der Waals surface area (Å²) in [4.78, 5) is 42.1. The van der Waals surface area contributed by atoms with Gasteiger partial charge in [-0.1, -0.05) is 24.3 Å². The molecule has 1 N–H and O–H groups in total. The molecule has 238 valence electrons. The number of esters is 1. The van der Waals surface area contributed by atoms with Gasteiger partial charge < -0.3 is 29.3 Å². The highest BCUT2D eigenvalue weighted by Gasteiger charge is 2.34. The number of amides is 3. The van der Waals surface area contributed by atoms with Crippen LogP contribution in [0.2, 0.25) is 0 Å². The monoisotopic (exact) mass is 625 g/mol. The van der Waals surface area contributed by atoms with Crippen LogP contribution in [0.25, 0.3) is 10.9 Å². The molecule has 1 aromatic heterocycles. The van der Waals surface area contributed by atoms with E-state index in [0.29, 0.717) is 45.8 Å². The zero-order chi connectivity index (χ0) is 31.4. The predicted molar refractivity (Wildman–Crippen MR) is 172 cm³/mol. The number of hydrogen-bond acceptors (Lipinski definition) is 7. The van der Waals surface area contributed by atoms with Crippen molar-refractivity contribution in [3.8, 4) is 0 Å². The van der Waals surface area contributed by atoms with E-state index in [2.05, 4.69) is 29.2 Å². The molecular formula is C32H43N5O6S. The molecule has 1 saturated heterocycles. The first-order valence-electron chi connectivity index (χ1n) is 14.9. The van der Waals surface area contributed by atoms with Gasteiger partial charge >= 0.3 is 18.1 Å². The van der Waals surface area contributed by atoms with Crippen molar-refractivity contribution >= 4 is 44.7 Å². The van der Waals surface area contributed by atoms with Crippen molar-refractivity contribution in [3.63, 3.8) is 0 Å². The number of rotatable bonds is 10. The number of para-hydroxylation sites is 1. The fourth-order valence-electron chi connectivity index (χ4n) is 5.68. The summed E-state index contributed by atoms with van der Waals surface area (Å²) in [5, 5.41) is 8.55. The lowest BCUT2D eigenvalue weighted by atomic mass is 10.0. The fraction of sp³-hybridized carbons (Fsp3) is 0.500. The van der Waals surface area contributed by atoms with Gasteiger partial charge in [-0.2, -0.15) is 5.10 Å². The van der Waals surface area contributed by atoms with E-state index in [9.17, 15) is 14.4 Å². The van der Waals surface area contributed by atoms with Crippen molar-refractivity contribution in [2.45, 2.75) is 51.6 Å². The summed E-state index contributed by atoms with van der Waals surface area (Å²) in [5.74, 6) is 0.424. The Bertz CT molecular complexity index is 1510. The smallest absolute Gasteiger partial charge is 0.410 e. The number of nitrogens with one attached hydrogen (secondary N) is 1. The molecule has 0 spiro atoms. The molecule has 11 nitrogen and oxygen atoms in total. The summed E-state index contributed by atoms with van der Waals surface area (Å²) in [6.07, 6.45) is 8.48. The third-order valence-corrected chi connectivity index (χ3v) is 9.51. The number of benzene rings is 2. The minimum absolute atomic E-state index is 0.00410. The van der Waals surface area contributed by atoms with Crippen molar-refractivity contribution in [2.24, 2.45) is 0 Å². The van der Waals surface area contributed by atoms with Gasteiger partial charge in [0.05, 0.1) is 19.2 Å². The molecule has 1 atom stereocenters. The highest BCUT2D eigenvalue weighted by Crippen LogP contribution is 2.33. The van der Waals surface area contributed by atoms with Gasteiger partial charge in [0.1, 0.15) is 6.73 Å². The van der Waals surface area contributed by atoms with Crippen LogP contribution in [0.5, 0.6) is 0 Å². The second kappa shape index (κ2) is 13.5. The van der Waals surface area contributed by atoms with Crippen molar-refractivity contribution in [1.82, 2.24) is 19.6 Å². The molecule has 2 aliphatic rings. The van der Waals surface area contributed by atoms with Gasteiger partial charge in [0, 0.05) is 55.1 Å². The van der Waals surface area contributed by atoms with Crippen molar-refractivity contribution < 1.29 is 28.6 Å². The van der Waals surface area contributed by atoms with E-state index >= 15 is 0 Å². The Morgan fingerprint density at radius 1 is 1.14 bits per heavy atom. The molecule has 0 radical (unpaired) electrons. The average Bonchev–Trinajstić information content (AvgIpc) is 3.41. The molecule has 3 heterocycles. The molecule has 0 bridgehead atoms. The number of piperidine rings is 1. The zero-order valence-corrected chi connectivity index (χ0v) is 27.0. The Morgan fingerprint density at radius 3 is 2.61 bits per heavy atom. The molecule has 44 heavy (non-hydrogen) atoms. The molecule has 1 fully saturated rings. The maximum Gasteiger partial charge on any atom is 0.410 e. The van der Waals surface area contributed by atoms with Crippen molar-refractivity contribution in [2.75, 3.05) is 56.6 Å². The van der Waals surface area contributed by atoms with Gasteiger partial charge in [-0.15, -0.1) is 0 Å². The number of urea groups is 1. The van der Waals surface area contributed by atoms with Gasteiger partial charge in [-0.05, 0) is 67.4 Å². The van der Waals surface area contributed by atoms with E-state index in [1.807, 2.05) is 54.4 Å². The number of aromatic nitrogens is 2. The molecule has 0 aliphatic carbocycles. The molecule has 5 rings (SSSR count). The first kappa shape index (κ1) is 31.6. The summed E-state index contributed by atoms with van der Waals surface area (Å²) < 4.78 is 18.3. The normalized spacial score (nSPS) is 16.8. The highest BCUT2D eigenvalue weighted by molar-refractivity contribution is 8.32. The Balaban J connectivity index is 1.18. The highest BCUT2D eigenvalue weighted by atomic mass is 32.3. The average molecular weight is 626 g/mol. The first-order valence-corrected chi connectivity index (χ1v) is 17.9.